The molecule has 3 rings (SSSR count). The third kappa shape index (κ3) is 3.27. The standard InChI is InChI=1S/C15H18ClN3O3S/c1-4-21-14(20)10-7-23-13-11(10)12(17-15(16)18-13)19-5-8(2)22-9(3)6-19/h7-9H,4-6H2,1-3H3. The van der Waals surface area contributed by atoms with Crippen LogP contribution in [0, 0.1) is 0 Å². The number of morpholine rings is 1. The van der Waals surface area contributed by atoms with E-state index in [4.69, 9.17) is 21.1 Å². The van der Waals surface area contributed by atoms with Crippen molar-refractivity contribution in [2.45, 2.75) is 33.0 Å². The molecule has 0 N–H and O–H groups in total. The highest BCUT2D eigenvalue weighted by Gasteiger charge is 2.28. The molecule has 1 aliphatic rings. The molecule has 8 heteroatoms. The van der Waals surface area contributed by atoms with Gasteiger partial charge in [-0.05, 0) is 32.4 Å². The monoisotopic (exact) mass is 355 g/mol. The van der Waals surface area contributed by atoms with Gasteiger partial charge in [0.15, 0.2) is 0 Å². The molecule has 0 spiro atoms. The van der Waals surface area contributed by atoms with Crippen LogP contribution >= 0.6 is 22.9 Å². The number of esters is 1. The minimum Gasteiger partial charge on any atom is -0.462 e. The van der Waals surface area contributed by atoms with E-state index < -0.39 is 0 Å². The maximum Gasteiger partial charge on any atom is 0.339 e. The number of aromatic nitrogens is 2. The Morgan fingerprint density at radius 2 is 2.13 bits per heavy atom. The summed E-state index contributed by atoms with van der Waals surface area (Å²) >= 11 is 7.44. The van der Waals surface area contributed by atoms with Crippen molar-refractivity contribution in [3.8, 4) is 0 Å². The highest BCUT2D eigenvalue weighted by Crippen LogP contribution is 2.34. The van der Waals surface area contributed by atoms with E-state index in [1.54, 1.807) is 12.3 Å². The number of halogens is 1. The summed E-state index contributed by atoms with van der Waals surface area (Å²) in [5.74, 6) is 0.312. The smallest absolute Gasteiger partial charge is 0.339 e. The van der Waals surface area contributed by atoms with Gasteiger partial charge in [0.25, 0.3) is 0 Å². The molecule has 2 unspecified atom stereocenters. The first-order valence-electron chi connectivity index (χ1n) is 7.51. The maximum absolute atomic E-state index is 12.2. The quantitative estimate of drug-likeness (QED) is 0.622. The Morgan fingerprint density at radius 1 is 1.43 bits per heavy atom. The van der Waals surface area contributed by atoms with Gasteiger partial charge in [-0.2, -0.15) is 4.98 Å². The molecule has 0 aromatic carbocycles. The van der Waals surface area contributed by atoms with Crippen molar-refractivity contribution in [3.63, 3.8) is 0 Å². The molecule has 23 heavy (non-hydrogen) atoms. The number of thiophene rings is 1. The average molecular weight is 356 g/mol. The fourth-order valence-corrected chi connectivity index (χ4v) is 3.95. The van der Waals surface area contributed by atoms with E-state index >= 15 is 0 Å². The first-order valence-corrected chi connectivity index (χ1v) is 8.77. The maximum atomic E-state index is 12.2. The Hall–Kier alpha value is -1.44. The summed E-state index contributed by atoms with van der Waals surface area (Å²) in [5.41, 5.74) is 0.491. The lowest BCUT2D eigenvalue weighted by Crippen LogP contribution is -2.46. The third-order valence-corrected chi connectivity index (χ3v) is 4.64. The molecule has 0 radical (unpaired) electrons. The fraction of sp³-hybridized carbons (Fsp3) is 0.533. The zero-order chi connectivity index (χ0) is 16.6. The lowest BCUT2D eigenvalue weighted by Gasteiger charge is -2.36. The molecular weight excluding hydrogens is 338 g/mol. The Kier molecular flexibility index (Phi) is 4.70. The third-order valence-electron chi connectivity index (χ3n) is 3.60. The summed E-state index contributed by atoms with van der Waals surface area (Å²) in [6, 6.07) is 0. The first-order chi connectivity index (χ1) is 11.0. The number of hydrogen-bond donors (Lipinski definition) is 0. The largest absolute Gasteiger partial charge is 0.462 e. The van der Waals surface area contributed by atoms with Crippen molar-refractivity contribution in [2.75, 3.05) is 24.6 Å². The number of hydrogen-bond acceptors (Lipinski definition) is 7. The summed E-state index contributed by atoms with van der Waals surface area (Å²) in [5, 5.41) is 2.64. The normalized spacial score (nSPS) is 21.7. The molecule has 0 aliphatic carbocycles. The molecule has 0 saturated carbocycles. The van der Waals surface area contributed by atoms with Gasteiger partial charge >= 0.3 is 5.97 Å². The second kappa shape index (κ2) is 6.59. The van der Waals surface area contributed by atoms with Crippen molar-refractivity contribution in [2.24, 2.45) is 0 Å². The van der Waals surface area contributed by atoms with Gasteiger partial charge in [-0.1, -0.05) is 0 Å². The molecule has 2 atom stereocenters. The van der Waals surface area contributed by atoms with Gasteiger partial charge in [-0.15, -0.1) is 11.3 Å². The van der Waals surface area contributed by atoms with Gasteiger partial charge in [0, 0.05) is 18.5 Å². The SMILES string of the molecule is CCOC(=O)c1csc2nc(Cl)nc(N3CC(C)OC(C)C3)c12. The van der Waals surface area contributed by atoms with Crippen molar-refractivity contribution >= 4 is 44.9 Å². The topological polar surface area (TPSA) is 64.5 Å². The van der Waals surface area contributed by atoms with E-state index in [1.807, 2.05) is 13.8 Å². The summed E-state index contributed by atoms with van der Waals surface area (Å²) in [6.45, 7) is 7.51. The molecule has 3 heterocycles. The molecule has 1 saturated heterocycles. The van der Waals surface area contributed by atoms with Crippen molar-refractivity contribution in [3.05, 3.63) is 16.2 Å². The molecule has 2 aromatic heterocycles. The number of carbonyl (C=O) groups excluding carboxylic acids is 1. The van der Waals surface area contributed by atoms with Crippen molar-refractivity contribution in [1.82, 2.24) is 9.97 Å². The zero-order valence-electron chi connectivity index (χ0n) is 13.2. The van der Waals surface area contributed by atoms with Gasteiger partial charge in [0.05, 0.1) is 29.8 Å². The lowest BCUT2D eigenvalue weighted by atomic mass is 10.2. The van der Waals surface area contributed by atoms with Gasteiger partial charge in [-0.25, -0.2) is 9.78 Å². The highest BCUT2D eigenvalue weighted by atomic mass is 35.5. The molecule has 6 nitrogen and oxygen atoms in total. The van der Waals surface area contributed by atoms with Crippen LogP contribution in [0.25, 0.3) is 10.2 Å². The number of fused-ring (bicyclic) bond motifs is 1. The zero-order valence-corrected chi connectivity index (χ0v) is 14.8. The van der Waals surface area contributed by atoms with Gasteiger partial charge in [0.1, 0.15) is 10.6 Å². The molecule has 0 amide bonds. The number of nitrogens with zero attached hydrogens (tertiary/aromatic N) is 3. The first kappa shape index (κ1) is 16.4. The van der Waals surface area contributed by atoms with E-state index in [9.17, 15) is 4.79 Å². The number of ether oxygens (including phenoxy) is 2. The summed E-state index contributed by atoms with van der Waals surface area (Å²) < 4.78 is 10.9. The molecule has 0 bridgehead atoms. The second-order valence-corrected chi connectivity index (χ2v) is 6.72. The van der Waals surface area contributed by atoms with Crippen LogP contribution in [0.15, 0.2) is 5.38 Å². The van der Waals surface area contributed by atoms with Crippen LogP contribution < -0.4 is 4.90 Å². The predicted octanol–water partition coefficient (Wildman–Crippen LogP) is 3.14. The fourth-order valence-electron chi connectivity index (χ4n) is 2.84. The number of carbonyl (C=O) groups is 1. The highest BCUT2D eigenvalue weighted by molar-refractivity contribution is 7.17. The van der Waals surface area contributed by atoms with E-state index in [2.05, 4.69) is 14.9 Å². The van der Waals surface area contributed by atoms with E-state index in [-0.39, 0.29) is 23.5 Å². The minimum absolute atomic E-state index is 0.0761. The number of rotatable bonds is 3. The predicted molar refractivity (Wildman–Crippen MR) is 90.6 cm³/mol. The summed E-state index contributed by atoms with van der Waals surface area (Å²) in [4.78, 5) is 23.6. The van der Waals surface area contributed by atoms with Gasteiger partial charge in [-0.3, -0.25) is 0 Å². The summed E-state index contributed by atoms with van der Waals surface area (Å²) in [7, 11) is 0. The van der Waals surface area contributed by atoms with Gasteiger partial charge in [0.2, 0.25) is 5.28 Å². The molecule has 1 aliphatic heterocycles. The number of anilines is 1. The minimum atomic E-state index is -0.361. The lowest BCUT2D eigenvalue weighted by molar-refractivity contribution is -0.00537. The van der Waals surface area contributed by atoms with Crippen LogP contribution in [0.3, 0.4) is 0 Å². The van der Waals surface area contributed by atoms with Crippen LogP contribution in [0.4, 0.5) is 5.82 Å². The van der Waals surface area contributed by atoms with E-state index in [1.165, 1.54) is 11.3 Å². The van der Waals surface area contributed by atoms with Crippen LogP contribution in [0.5, 0.6) is 0 Å². The Labute approximate surface area is 143 Å². The van der Waals surface area contributed by atoms with Crippen molar-refractivity contribution in [1.29, 1.82) is 0 Å². The van der Waals surface area contributed by atoms with Crippen LogP contribution in [0.1, 0.15) is 31.1 Å². The van der Waals surface area contributed by atoms with Crippen molar-refractivity contribution < 1.29 is 14.3 Å². The molecule has 2 aromatic rings. The van der Waals surface area contributed by atoms with E-state index in [0.29, 0.717) is 41.3 Å². The Morgan fingerprint density at radius 3 is 2.78 bits per heavy atom. The Bertz CT molecular complexity index is 726. The molecular formula is C15H18ClN3O3S. The van der Waals surface area contributed by atoms with Crippen LogP contribution in [-0.2, 0) is 9.47 Å². The summed E-state index contributed by atoms with van der Waals surface area (Å²) in [6.07, 6.45) is 0.152. The van der Waals surface area contributed by atoms with Crippen LogP contribution in [-0.4, -0.2) is 47.8 Å². The average Bonchev–Trinajstić information content (AvgIpc) is 2.89. The Balaban J connectivity index is 2.11. The van der Waals surface area contributed by atoms with Gasteiger partial charge < -0.3 is 14.4 Å². The molecule has 124 valence electrons. The van der Waals surface area contributed by atoms with E-state index in [0.717, 1.165) is 0 Å². The second-order valence-electron chi connectivity index (χ2n) is 5.53. The molecule has 1 fully saturated rings. The van der Waals surface area contributed by atoms with Crippen LogP contribution in [0.2, 0.25) is 5.28 Å².